The monoisotopic (exact) mass is 293 g/mol. The van der Waals surface area contributed by atoms with Crippen molar-refractivity contribution in [2.75, 3.05) is 6.54 Å². The van der Waals surface area contributed by atoms with Crippen molar-refractivity contribution >= 4 is 11.6 Å². The van der Waals surface area contributed by atoms with Crippen LogP contribution in [0.3, 0.4) is 0 Å². The molecule has 0 aliphatic heterocycles. The van der Waals surface area contributed by atoms with Crippen molar-refractivity contribution in [2.45, 2.75) is 45.3 Å². The molecule has 0 bridgehead atoms. The molecule has 0 aliphatic rings. The van der Waals surface area contributed by atoms with Crippen LogP contribution in [0.25, 0.3) is 0 Å². The largest absolute Gasteiger partial charge is 0.389 e. The molecule has 0 spiro atoms. The second kappa shape index (κ2) is 7.15. The highest BCUT2D eigenvalue weighted by molar-refractivity contribution is 6.31. The second-order valence-electron chi connectivity index (χ2n) is 4.63. The molecule has 1 aromatic carbocycles. The Balaban J connectivity index is 2.68. The highest BCUT2D eigenvalue weighted by Crippen LogP contribution is 2.28. The molecule has 1 aromatic rings. The number of rotatable bonds is 6. The second-order valence-corrected chi connectivity index (χ2v) is 5.03. The van der Waals surface area contributed by atoms with E-state index in [2.05, 4.69) is 5.32 Å². The highest BCUT2D eigenvalue weighted by Gasteiger charge is 2.26. The lowest BCUT2D eigenvalue weighted by Gasteiger charge is -2.19. The van der Waals surface area contributed by atoms with Gasteiger partial charge in [-0.15, -0.1) is 0 Å². The molecule has 0 heterocycles. The lowest BCUT2D eigenvalue weighted by molar-refractivity contribution is -0.135. The Morgan fingerprint density at radius 3 is 2.53 bits per heavy atom. The van der Waals surface area contributed by atoms with Gasteiger partial charge < -0.3 is 5.32 Å². The number of alkyl halides is 3. The van der Waals surface area contributed by atoms with Crippen LogP contribution in [0.15, 0.2) is 18.2 Å². The number of benzene rings is 1. The number of aryl methyl sites for hydroxylation is 1. The summed E-state index contributed by atoms with van der Waals surface area (Å²) >= 11 is 6.06. The van der Waals surface area contributed by atoms with Crippen LogP contribution in [0, 0.1) is 6.92 Å². The Labute approximate surface area is 117 Å². The summed E-state index contributed by atoms with van der Waals surface area (Å²) in [4.78, 5) is 0. The third-order valence-corrected chi connectivity index (χ3v) is 3.41. The third-order valence-electron chi connectivity index (χ3n) is 3.00. The fraction of sp³-hybridized carbons (Fsp3) is 0.571. The molecule has 108 valence electrons. The average Bonchev–Trinajstić information content (AvgIpc) is 2.30. The minimum atomic E-state index is -4.08. The molecule has 1 rings (SSSR count). The van der Waals surface area contributed by atoms with Crippen molar-refractivity contribution < 1.29 is 13.2 Å². The van der Waals surface area contributed by atoms with Gasteiger partial charge in [0.25, 0.3) is 0 Å². The molecular formula is C14H19ClF3N. The van der Waals surface area contributed by atoms with E-state index in [-0.39, 0.29) is 12.5 Å². The molecule has 0 saturated heterocycles. The summed E-state index contributed by atoms with van der Waals surface area (Å²) in [5.74, 6) is 0. The number of hydrogen-bond acceptors (Lipinski definition) is 1. The molecular weight excluding hydrogens is 275 g/mol. The van der Waals surface area contributed by atoms with Crippen LogP contribution >= 0.6 is 11.6 Å². The lowest BCUT2D eigenvalue weighted by atomic mass is 9.99. The van der Waals surface area contributed by atoms with Gasteiger partial charge in [-0.25, -0.2) is 0 Å². The van der Waals surface area contributed by atoms with Gasteiger partial charge in [-0.3, -0.25) is 0 Å². The van der Waals surface area contributed by atoms with E-state index in [1.165, 1.54) is 0 Å². The standard InChI is InChI=1S/C14H19ClF3N/c1-3-19-13(5-4-8-14(16,17)18)11-7-6-10(2)12(15)9-11/h6-7,9,13,19H,3-5,8H2,1-2H3. The van der Waals surface area contributed by atoms with Gasteiger partial charge in [-0.1, -0.05) is 30.7 Å². The minimum absolute atomic E-state index is 0.0783. The van der Waals surface area contributed by atoms with E-state index in [1.54, 1.807) is 0 Å². The summed E-state index contributed by atoms with van der Waals surface area (Å²) in [7, 11) is 0. The normalized spacial score (nSPS) is 13.6. The van der Waals surface area contributed by atoms with Crippen molar-refractivity contribution in [2.24, 2.45) is 0 Å². The van der Waals surface area contributed by atoms with Crippen molar-refractivity contribution in [3.8, 4) is 0 Å². The minimum Gasteiger partial charge on any atom is -0.310 e. The molecule has 0 radical (unpaired) electrons. The fourth-order valence-electron chi connectivity index (χ4n) is 1.97. The molecule has 0 fully saturated rings. The van der Waals surface area contributed by atoms with Crippen LogP contribution in [0.1, 0.15) is 43.4 Å². The molecule has 5 heteroatoms. The smallest absolute Gasteiger partial charge is 0.310 e. The predicted octanol–water partition coefficient (Wildman–Crippen LogP) is 5.03. The van der Waals surface area contributed by atoms with Gasteiger partial charge in [0.05, 0.1) is 0 Å². The zero-order valence-electron chi connectivity index (χ0n) is 11.1. The van der Waals surface area contributed by atoms with E-state index < -0.39 is 12.6 Å². The molecule has 19 heavy (non-hydrogen) atoms. The van der Waals surface area contributed by atoms with Crippen molar-refractivity contribution in [1.29, 1.82) is 0 Å². The van der Waals surface area contributed by atoms with Crippen LogP contribution in [0.4, 0.5) is 13.2 Å². The SMILES string of the molecule is CCNC(CCCC(F)(F)F)c1ccc(C)c(Cl)c1. The van der Waals surface area contributed by atoms with Gasteiger partial charge in [-0.05, 0) is 43.5 Å². The van der Waals surface area contributed by atoms with E-state index in [9.17, 15) is 13.2 Å². The molecule has 0 amide bonds. The number of hydrogen-bond donors (Lipinski definition) is 1. The Bertz CT molecular complexity index is 404. The topological polar surface area (TPSA) is 12.0 Å². The van der Waals surface area contributed by atoms with Crippen molar-refractivity contribution in [1.82, 2.24) is 5.32 Å². The predicted molar refractivity (Wildman–Crippen MR) is 72.5 cm³/mol. The Morgan fingerprint density at radius 1 is 1.32 bits per heavy atom. The van der Waals surface area contributed by atoms with Crippen LogP contribution in [0.2, 0.25) is 5.02 Å². The molecule has 1 atom stereocenters. The highest BCUT2D eigenvalue weighted by atomic mass is 35.5. The maximum Gasteiger partial charge on any atom is 0.389 e. The maximum atomic E-state index is 12.2. The van der Waals surface area contributed by atoms with Crippen molar-refractivity contribution in [3.05, 3.63) is 34.3 Å². The average molecular weight is 294 g/mol. The quantitative estimate of drug-likeness (QED) is 0.775. The van der Waals surface area contributed by atoms with Crippen LogP contribution in [0.5, 0.6) is 0 Å². The summed E-state index contributed by atoms with van der Waals surface area (Å²) in [6.45, 7) is 4.55. The van der Waals surface area contributed by atoms with E-state index in [0.29, 0.717) is 18.0 Å². The van der Waals surface area contributed by atoms with Gasteiger partial charge in [0.1, 0.15) is 0 Å². The van der Waals surface area contributed by atoms with Gasteiger partial charge in [0.15, 0.2) is 0 Å². The number of nitrogens with one attached hydrogen (secondary N) is 1. The van der Waals surface area contributed by atoms with Crippen LogP contribution < -0.4 is 5.32 Å². The van der Waals surface area contributed by atoms with E-state index in [1.807, 2.05) is 32.0 Å². The molecule has 1 unspecified atom stereocenters. The fourth-order valence-corrected chi connectivity index (χ4v) is 2.15. The zero-order chi connectivity index (χ0) is 14.5. The first-order valence-corrected chi connectivity index (χ1v) is 6.77. The Morgan fingerprint density at radius 2 is 2.00 bits per heavy atom. The van der Waals surface area contributed by atoms with Crippen molar-refractivity contribution in [3.63, 3.8) is 0 Å². The van der Waals surface area contributed by atoms with E-state index in [0.717, 1.165) is 11.1 Å². The first kappa shape index (κ1) is 16.3. The summed E-state index contributed by atoms with van der Waals surface area (Å²) in [6, 6.07) is 5.57. The maximum absolute atomic E-state index is 12.2. The Hall–Kier alpha value is -0.740. The van der Waals surface area contributed by atoms with E-state index >= 15 is 0 Å². The number of halogens is 4. The Kier molecular flexibility index (Phi) is 6.14. The van der Waals surface area contributed by atoms with Crippen LogP contribution in [-0.2, 0) is 0 Å². The van der Waals surface area contributed by atoms with Gasteiger partial charge in [0, 0.05) is 17.5 Å². The molecule has 0 saturated carbocycles. The molecule has 0 aliphatic carbocycles. The van der Waals surface area contributed by atoms with E-state index in [4.69, 9.17) is 11.6 Å². The summed E-state index contributed by atoms with van der Waals surface area (Å²) in [5, 5.41) is 3.86. The summed E-state index contributed by atoms with van der Waals surface area (Å²) in [5.41, 5.74) is 1.91. The van der Waals surface area contributed by atoms with Gasteiger partial charge in [-0.2, -0.15) is 13.2 Å². The molecule has 1 nitrogen and oxygen atoms in total. The lowest BCUT2D eigenvalue weighted by Crippen LogP contribution is -2.21. The molecule has 0 aromatic heterocycles. The van der Waals surface area contributed by atoms with Gasteiger partial charge in [0.2, 0.25) is 0 Å². The molecule has 1 N–H and O–H groups in total. The summed E-state index contributed by atoms with van der Waals surface area (Å²) in [6.07, 6.45) is -4.25. The van der Waals surface area contributed by atoms with Gasteiger partial charge >= 0.3 is 6.18 Å². The zero-order valence-corrected chi connectivity index (χ0v) is 11.9. The third kappa shape index (κ3) is 5.83. The first-order chi connectivity index (χ1) is 8.83. The first-order valence-electron chi connectivity index (χ1n) is 6.39. The summed E-state index contributed by atoms with van der Waals surface area (Å²) < 4.78 is 36.5. The van der Waals surface area contributed by atoms with Crippen LogP contribution in [-0.4, -0.2) is 12.7 Å².